The van der Waals surface area contributed by atoms with Gasteiger partial charge in [-0.05, 0) is 25.1 Å². The van der Waals surface area contributed by atoms with Crippen LogP contribution in [0.1, 0.15) is 5.56 Å². The first kappa shape index (κ1) is 13.2. The van der Waals surface area contributed by atoms with E-state index in [2.05, 4.69) is 0 Å². The number of nitrogens with zero attached hydrogens (tertiary/aromatic N) is 1. The van der Waals surface area contributed by atoms with Crippen molar-refractivity contribution in [2.75, 3.05) is 0 Å². The Morgan fingerprint density at radius 3 is 2.33 bits per heavy atom. The van der Waals surface area contributed by atoms with E-state index in [0.29, 0.717) is 11.6 Å². The molecule has 2 aromatic carbocycles. The highest BCUT2D eigenvalue weighted by molar-refractivity contribution is 5.87. The van der Waals surface area contributed by atoms with Crippen molar-refractivity contribution in [1.29, 1.82) is 0 Å². The molecule has 0 amide bonds. The van der Waals surface area contributed by atoms with Gasteiger partial charge in [-0.15, -0.1) is 0 Å². The molecule has 0 saturated heterocycles. The van der Waals surface area contributed by atoms with Crippen LogP contribution in [-0.2, 0) is 7.05 Å². The third-order valence-electron chi connectivity index (χ3n) is 3.42. The molecule has 0 N–H and O–H groups in total. The van der Waals surface area contributed by atoms with E-state index in [-0.39, 0.29) is 0 Å². The lowest BCUT2D eigenvalue weighted by molar-refractivity contribution is 0.148. The highest BCUT2D eigenvalue weighted by atomic mass is 16.7. The van der Waals surface area contributed by atoms with E-state index in [0.717, 1.165) is 16.5 Å². The molecule has 3 rings (SSSR count). The Labute approximate surface area is 122 Å². The number of rotatable bonds is 2. The lowest BCUT2D eigenvalue weighted by Crippen LogP contribution is -2.15. The van der Waals surface area contributed by atoms with Gasteiger partial charge in [0, 0.05) is 18.0 Å². The number of carbonyl (C=O) groups excluding carboxylic acids is 1. The maximum atomic E-state index is 11.9. The first-order valence-electron chi connectivity index (χ1n) is 6.65. The molecular formula is C17H15NO3. The van der Waals surface area contributed by atoms with E-state index in [1.54, 1.807) is 24.3 Å². The number of hydrogen-bond donors (Lipinski definition) is 0. The number of ether oxygens (including phenoxy) is 2. The summed E-state index contributed by atoms with van der Waals surface area (Å²) in [6.45, 7) is 1.92. The van der Waals surface area contributed by atoms with Crippen LogP contribution in [0.3, 0.4) is 0 Å². The van der Waals surface area contributed by atoms with Crippen LogP contribution in [0.2, 0.25) is 0 Å². The molecule has 0 aliphatic rings. The number of benzene rings is 2. The Morgan fingerprint density at radius 1 is 0.952 bits per heavy atom. The molecule has 4 nitrogen and oxygen atoms in total. The molecule has 0 aliphatic carbocycles. The number of aryl methyl sites for hydroxylation is 2. The first-order valence-corrected chi connectivity index (χ1v) is 6.65. The van der Waals surface area contributed by atoms with Crippen LogP contribution in [-0.4, -0.2) is 10.7 Å². The summed E-state index contributed by atoms with van der Waals surface area (Å²) in [6.07, 6.45) is -0.741. The molecule has 0 radical (unpaired) electrons. The zero-order chi connectivity index (χ0) is 14.8. The molecule has 21 heavy (non-hydrogen) atoms. The third-order valence-corrected chi connectivity index (χ3v) is 3.42. The number of hydrogen-bond acceptors (Lipinski definition) is 3. The summed E-state index contributed by atoms with van der Waals surface area (Å²) < 4.78 is 12.4. The Bertz CT molecular complexity index is 751. The van der Waals surface area contributed by atoms with Gasteiger partial charge in [0.05, 0.1) is 5.52 Å². The predicted molar refractivity (Wildman–Crippen MR) is 80.8 cm³/mol. The summed E-state index contributed by atoms with van der Waals surface area (Å²) >= 11 is 0. The Kier molecular flexibility index (Phi) is 3.36. The molecule has 0 fully saturated rings. The molecule has 106 valence electrons. The molecule has 0 saturated carbocycles. The van der Waals surface area contributed by atoms with Crippen LogP contribution in [0, 0.1) is 6.92 Å². The lowest BCUT2D eigenvalue weighted by atomic mass is 10.2. The number of aromatic nitrogens is 1. The van der Waals surface area contributed by atoms with Gasteiger partial charge in [-0.2, -0.15) is 0 Å². The normalized spacial score (nSPS) is 10.6. The maximum Gasteiger partial charge on any atom is 0.520 e. The van der Waals surface area contributed by atoms with E-state index in [4.69, 9.17) is 9.47 Å². The zero-order valence-corrected chi connectivity index (χ0v) is 11.9. The number of carbonyl (C=O) groups is 1. The minimum Gasteiger partial charge on any atom is -0.395 e. The highest BCUT2D eigenvalue weighted by Crippen LogP contribution is 2.30. The van der Waals surface area contributed by atoms with Crippen LogP contribution in [0.4, 0.5) is 4.79 Å². The SMILES string of the molecule is Cc1c(OC(=O)Oc2ccccc2)n(C)c2ccccc12. The number of fused-ring (bicyclic) bond motifs is 1. The van der Waals surface area contributed by atoms with Gasteiger partial charge in [-0.1, -0.05) is 36.4 Å². The summed E-state index contributed by atoms with van der Waals surface area (Å²) in [4.78, 5) is 11.9. The van der Waals surface area contributed by atoms with Crippen LogP contribution >= 0.6 is 0 Å². The van der Waals surface area contributed by atoms with E-state index in [1.807, 2.05) is 48.9 Å². The predicted octanol–water partition coefficient (Wildman–Crippen LogP) is 4.06. The number of para-hydroxylation sites is 2. The summed E-state index contributed by atoms with van der Waals surface area (Å²) in [5, 5.41) is 1.06. The van der Waals surface area contributed by atoms with Gasteiger partial charge in [0.25, 0.3) is 0 Å². The average molecular weight is 281 g/mol. The van der Waals surface area contributed by atoms with Gasteiger partial charge in [0.15, 0.2) is 0 Å². The fourth-order valence-corrected chi connectivity index (χ4v) is 2.39. The average Bonchev–Trinajstić information content (AvgIpc) is 2.74. The van der Waals surface area contributed by atoms with Crippen LogP contribution in [0.15, 0.2) is 54.6 Å². The van der Waals surface area contributed by atoms with Gasteiger partial charge >= 0.3 is 6.16 Å². The molecule has 0 aliphatic heterocycles. The van der Waals surface area contributed by atoms with Crippen LogP contribution < -0.4 is 9.47 Å². The van der Waals surface area contributed by atoms with Gasteiger partial charge in [-0.25, -0.2) is 4.79 Å². The van der Waals surface area contributed by atoms with Gasteiger partial charge in [-0.3, -0.25) is 0 Å². The minimum atomic E-state index is -0.741. The van der Waals surface area contributed by atoms with Gasteiger partial charge in [0.2, 0.25) is 5.88 Å². The lowest BCUT2D eigenvalue weighted by Gasteiger charge is -2.07. The van der Waals surface area contributed by atoms with Crippen LogP contribution in [0.5, 0.6) is 11.6 Å². The summed E-state index contributed by atoms with van der Waals surface area (Å²) in [6, 6.07) is 16.7. The monoisotopic (exact) mass is 281 g/mol. The van der Waals surface area contributed by atoms with Crippen molar-refractivity contribution in [3.63, 3.8) is 0 Å². The Morgan fingerprint density at radius 2 is 1.62 bits per heavy atom. The van der Waals surface area contributed by atoms with Crippen molar-refractivity contribution in [3.8, 4) is 11.6 Å². The highest BCUT2D eigenvalue weighted by Gasteiger charge is 2.17. The van der Waals surface area contributed by atoms with Crippen molar-refractivity contribution >= 4 is 17.1 Å². The van der Waals surface area contributed by atoms with E-state index < -0.39 is 6.16 Å². The second-order valence-electron chi connectivity index (χ2n) is 4.77. The molecule has 1 aromatic heterocycles. The maximum absolute atomic E-state index is 11.9. The Balaban J connectivity index is 1.86. The van der Waals surface area contributed by atoms with Crippen molar-refractivity contribution in [1.82, 2.24) is 4.57 Å². The topological polar surface area (TPSA) is 40.5 Å². The quantitative estimate of drug-likeness (QED) is 0.525. The summed E-state index contributed by atoms with van der Waals surface area (Å²) in [7, 11) is 1.86. The largest absolute Gasteiger partial charge is 0.520 e. The van der Waals surface area contributed by atoms with E-state index in [9.17, 15) is 4.79 Å². The van der Waals surface area contributed by atoms with Crippen molar-refractivity contribution in [3.05, 3.63) is 60.2 Å². The van der Waals surface area contributed by atoms with E-state index in [1.165, 1.54) is 0 Å². The van der Waals surface area contributed by atoms with Crippen LogP contribution in [0.25, 0.3) is 10.9 Å². The smallest absolute Gasteiger partial charge is 0.395 e. The Hall–Kier alpha value is -2.75. The minimum absolute atomic E-state index is 0.457. The molecule has 3 aromatic rings. The van der Waals surface area contributed by atoms with E-state index >= 15 is 0 Å². The van der Waals surface area contributed by atoms with Gasteiger partial charge < -0.3 is 14.0 Å². The van der Waals surface area contributed by atoms with Crippen molar-refractivity contribution in [2.45, 2.75) is 6.92 Å². The molecular weight excluding hydrogens is 266 g/mol. The standard InChI is InChI=1S/C17H15NO3/c1-12-14-10-6-7-11-15(14)18(2)16(12)21-17(19)20-13-8-4-3-5-9-13/h3-11H,1-2H3. The molecule has 4 heteroatoms. The summed E-state index contributed by atoms with van der Waals surface area (Å²) in [5.41, 5.74) is 1.93. The van der Waals surface area contributed by atoms with Gasteiger partial charge in [0.1, 0.15) is 5.75 Å². The second-order valence-corrected chi connectivity index (χ2v) is 4.77. The fourth-order valence-electron chi connectivity index (χ4n) is 2.39. The third kappa shape index (κ3) is 2.48. The molecule has 0 atom stereocenters. The van der Waals surface area contributed by atoms with Crippen molar-refractivity contribution < 1.29 is 14.3 Å². The van der Waals surface area contributed by atoms with Crippen molar-refractivity contribution in [2.24, 2.45) is 7.05 Å². The second kappa shape index (κ2) is 5.32. The molecule has 0 unspecified atom stereocenters. The first-order chi connectivity index (χ1) is 10.2. The molecule has 1 heterocycles. The molecule has 0 bridgehead atoms. The zero-order valence-electron chi connectivity index (χ0n) is 11.9. The fraction of sp³-hybridized carbons (Fsp3) is 0.118. The summed E-state index contributed by atoms with van der Waals surface area (Å²) in [5.74, 6) is 0.955. The molecule has 0 spiro atoms.